The van der Waals surface area contributed by atoms with E-state index in [0.29, 0.717) is 10.8 Å². The maximum absolute atomic E-state index is 13.0. The van der Waals surface area contributed by atoms with Crippen molar-refractivity contribution in [2.75, 3.05) is 5.32 Å². The zero-order valence-electron chi connectivity index (χ0n) is 19.6. The molecule has 13 heteroatoms. The molecular formula is C26H15F3N8O2. The number of nitrogens with zero attached hydrogens (tertiary/aromatic N) is 7. The molecule has 0 saturated carbocycles. The molecule has 0 unspecified atom stereocenters. The van der Waals surface area contributed by atoms with Gasteiger partial charge in [0.05, 0.1) is 17.3 Å². The highest BCUT2D eigenvalue weighted by molar-refractivity contribution is 6.11. The number of amides is 1. The number of halogens is 3. The smallest absolute Gasteiger partial charge is 0.416 e. The largest absolute Gasteiger partial charge is 0.505 e. The van der Waals surface area contributed by atoms with Gasteiger partial charge in [-0.05, 0) is 41.8 Å². The van der Waals surface area contributed by atoms with E-state index >= 15 is 0 Å². The SMILES string of the molecule is N#Cc1cnn(-c2ncccn2)c1/N=N/c1c(O)c(C(=O)Nc2ccc(C(F)(F)F)cc2)cc2ccccc12. The maximum Gasteiger partial charge on any atom is 0.416 e. The minimum absolute atomic E-state index is 0.00760. The summed E-state index contributed by atoms with van der Waals surface area (Å²) in [5, 5.41) is 36.4. The number of azo groups is 1. The fourth-order valence-corrected chi connectivity index (χ4v) is 3.69. The molecule has 1 amide bonds. The van der Waals surface area contributed by atoms with Crippen molar-refractivity contribution in [2.45, 2.75) is 6.18 Å². The van der Waals surface area contributed by atoms with Crippen molar-refractivity contribution in [3.05, 3.63) is 95.9 Å². The predicted molar refractivity (Wildman–Crippen MR) is 133 cm³/mol. The van der Waals surface area contributed by atoms with Gasteiger partial charge in [-0.15, -0.1) is 10.2 Å². The van der Waals surface area contributed by atoms with Crippen molar-refractivity contribution in [1.29, 1.82) is 5.26 Å². The number of anilines is 1. The molecule has 0 radical (unpaired) electrons. The lowest BCUT2D eigenvalue weighted by Crippen LogP contribution is -2.13. The fraction of sp³-hybridized carbons (Fsp3) is 0.0385. The predicted octanol–water partition coefficient (Wildman–Crippen LogP) is 6.08. The van der Waals surface area contributed by atoms with Crippen LogP contribution in [0.5, 0.6) is 5.75 Å². The van der Waals surface area contributed by atoms with E-state index in [-0.39, 0.29) is 34.3 Å². The second-order valence-electron chi connectivity index (χ2n) is 8.03. The van der Waals surface area contributed by atoms with Crippen LogP contribution < -0.4 is 5.32 Å². The van der Waals surface area contributed by atoms with Crippen LogP contribution in [0.2, 0.25) is 0 Å². The Hall–Kier alpha value is -5.64. The van der Waals surface area contributed by atoms with E-state index in [1.807, 2.05) is 6.07 Å². The lowest BCUT2D eigenvalue weighted by molar-refractivity contribution is -0.137. The number of carbonyl (C=O) groups excluding carboxylic acids is 1. The van der Waals surface area contributed by atoms with E-state index < -0.39 is 23.4 Å². The Bertz CT molecular complexity index is 1760. The quantitative estimate of drug-likeness (QED) is 0.265. The molecule has 0 aliphatic rings. The minimum Gasteiger partial charge on any atom is -0.505 e. The van der Waals surface area contributed by atoms with Gasteiger partial charge in [0.25, 0.3) is 11.9 Å². The number of aromatic hydroxyl groups is 1. The Morgan fingerprint density at radius 1 is 1.03 bits per heavy atom. The highest BCUT2D eigenvalue weighted by Gasteiger charge is 2.30. The third-order valence-electron chi connectivity index (χ3n) is 5.56. The molecule has 2 heterocycles. The Morgan fingerprint density at radius 3 is 2.44 bits per heavy atom. The number of hydrogen-bond donors (Lipinski definition) is 2. The van der Waals surface area contributed by atoms with Crippen molar-refractivity contribution in [3.63, 3.8) is 0 Å². The molecule has 0 aliphatic carbocycles. The minimum atomic E-state index is -4.52. The number of benzene rings is 3. The van der Waals surface area contributed by atoms with Crippen LogP contribution in [0.4, 0.5) is 30.4 Å². The molecule has 0 fully saturated rings. The third-order valence-corrected chi connectivity index (χ3v) is 5.56. The van der Waals surface area contributed by atoms with E-state index in [2.05, 4.69) is 30.6 Å². The first kappa shape index (κ1) is 25.0. The molecule has 5 aromatic rings. The summed E-state index contributed by atoms with van der Waals surface area (Å²) in [4.78, 5) is 21.2. The monoisotopic (exact) mass is 528 g/mol. The molecule has 10 nitrogen and oxygen atoms in total. The maximum atomic E-state index is 13.0. The number of aromatic nitrogens is 4. The molecule has 0 atom stereocenters. The van der Waals surface area contributed by atoms with Crippen molar-refractivity contribution < 1.29 is 23.1 Å². The van der Waals surface area contributed by atoms with Crippen molar-refractivity contribution >= 4 is 33.9 Å². The van der Waals surface area contributed by atoms with Gasteiger partial charge >= 0.3 is 6.18 Å². The molecule has 3 aromatic carbocycles. The van der Waals surface area contributed by atoms with Crippen LogP contribution in [0.15, 0.2) is 89.5 Å². The number of fused-ring (bicyclic) bond motifs is 1. The van der Waals surface area contributed by atoms with Gasteiger partial charge in [0.15, 0.2) is 11.6 Å². The van der Waals surface area contributed by atoms with E-state index in [4.69, 9.17) is 0 Å². The standard InChI is InChI=1S/C26H15F3N8O2/c27-26(28,29)17-6-8-18(9-7-17)34-24(39)20-12-15-4-1-2-5-19(15)21(22(20)38)35-36-23-16(13-30)14-33-37(23)25-31-10-3-11-32-25/h1-12,14,38H,(H,34,39)/b36-35+. The van der Waals surface area contributed by atoms with E-state index in [0.717, 1.165) is 24.3 Å². The van der Waals surface area contributed by atoms with E-state index in [1.165, 1.54) is 29.3 Å². The number of alkyl halides is 3. The molecular weight excluding hydrogens is 513 g/mol. The summed E-state index contributed by atoms with van der Waals surface area (Å²) < 4.78 is 39.8. The fourth-order valence-electron chi connectivity index (χ4n) is 3.69. The number of carbonyl (C=O) groups is 1. The average Bonchev–Trinajstić information content (AvgIpc) is 3.35. The molecule has 0 aliphatic heterocycles. The summed E-state index contributed by atoms with van der Waals surface area (Å²) in [6, 6.07) is 15.6. The highest BCUT2D eigenvalue weighted by Crippen LogP contribution is 2.40. The van der Waals surface area contributed by atoms with E-state index in [1.54, 1.807) is 30.3 Å². The molecule has 2 N–H and O–H groups in total. The summed E-state index contributed by atoms with van der Waals surface area (Å²) in [6.07, 6.45) is -0.298. The Kier molecular flexibility index (Phi) is 6.43. The van der Waals surface area contributed by atoms with Crippen LogP contribution in [0, 0.1) is 11.3 Å². The van der Waals surface area contributed by atoms with Gasteiger partial charge in [-0.3, -0.25) is 4.79 Å². The van der Waals surface area contributed by atoms with Crippen LogP contribution in [0.1, 0.15) is 21.5 Å². The lowest BCUT2D eigenvalue weighted by Gasteiger charge is -2.12. The van der Waals surface area contributed by atoms with Gasteiger partial charge in [-0.1, -0.05) is 24.3 Å². The number of nitrogens with one attached hydrogen (secondary N) is 1. The van der Waals surface area contributed by atoms with Crippen LogP contribution in [0.25, 0.3) is 16.7 Å². The summed E-state index contributed by atoms with van der Waals surface area (Å²) in [6.45, 7) is 0. The molecule has 5 rings (SSSR count). The van der Waals surface area contributed by atoms with Crippen LogP contribution in [0.3, 0.4) is 0 Å². The Balaban J connectivity index is 1.55. The van der Waals surface area contributed by atoms with Crippen LogP contribution in [-0.4, -0.2) is 30.8 Å². The topological polar surface area (TPSA) is 141 Å². The average molecular weight is 528 g/mol. The van der Waals surface area contributed by atoms with E-state index in [9.17, 15) is 28.3 Å². The molecule has 39 heavy (non-hydrogen) atoms. The van der Waals surface area contributed by atoms with Gasteiger partial charge < -0.3 is 10.4 Å². The van der Waals surface area contributed by atoms with Gasteiger partial charge in [-0.25, -0.2) is 9.97 Å². The number of nitriles is 1. The molecule has 0 bridgehead atoms. The van der Waals surface area contributed by atoms with Crippen LogP contribution >= 0.6 is 0 Å². The zero-order chi connectivity index (χ0) is 27.6. The number of phenols is 1. The first-order valence-corrected chi connectivity index (χ1v) is 11.2. The van der Waals surface area contributed by atoms with Crippen molar-refractivity contribution in [1.82, 2.24) is 19.7 Å². The number of rotatable bonds is 5. The zero-order valence-corrected chi connectivity index (χ0v) is 19.6. The second kappa shape index (κ2) is 10.0. The number of hydrogen-bond acceptors (Lipinski definition) is 8. The molecule has 2 aromatic heterocycles. The molecule has 0 saturated heterocycles. The highest BCUT2D eigenvalue weighted by atomic mass is 19.4. The van der Waals surface area contributed by atoms with Crippen molar-refractivity contribution in [2.24, 2.45) is 10.2 Å². The lowest BCUT2D eigenvalue weighted by atomic mass is 10.0. The first-order valence-electron chi connectivity index (χ1n) is 11.2. The first-order chi connectivity index (χ1) is 18.8. The molecule has 192 valence electrons. The van der Waals surface area contributed by atoms with Gasteiger partial charge in [0, 0.05) is 23.5 Å². The second-order valence-corrected chi connectivity index (χ2v) is 8.03. The van der Waals surface area contributed by atoms with Gasteiger partial charge in [0.1, 0.15) is 17.3 Å². The summed E-state index contributed by atoms with van der Waals surface area (Å²) in [5.41, 5.74) is -0.978. The summed E-state index contributed by atoms with van der Waals surface area (Å²) in [7, 11) is 0. The summed E-state index contributed by atoms with van der Waals surface area (Å²) >= 11 is 0. The number of phenolic OH excluding ortho intramolecular Hbond substituents is 1. The molecule has 0 spiro atoms. The van der Waals surface area contributed by atoms with Crippen molar-refractivity contribution in [3.8, 4) is 17.8 Å². The Labute approximate surface area is 217 Å². The summed E-state index contributed by atoms with van der Waals surface area (Å²) in [5.74, 6) is -1.18. The third kappa shape index (κ3) is 4.98. The van der Waals surface area contributed by atoms with Crippen LogP contribution in [-0.2, 0) is 6.18 Å². The Morgan fingerprint density at radius 2 is 1.74 bits per heavy atom. The van der Waals surface area contributed by atoms with Gasteiger partial charge in [-0.2, -0.15) is 28.2 Å². The normalized spacial score (nSPS) is 11.5. The van der Waals surface area contributed by atoms with Gasteiger partial charge in [0.2, 0.25) is 0 Å².